The third kappa shape index (κ3) is 7.12. The van der Waals surface area contributed by atoms with Crippen molar-refractivity contribution in [2.45, 2.75) is 70.9 Å². The molecule has 0 saturated carbocycles. The first kappa shape index (κ1) is 22.2. The van der Waals surface area contributed by atoms with Crippen molar-refractivity contribution in [3.8, 4) is 0 Å². The van der Waals surface area contributed by atoms with Crippen molar-refractivity contribution in [1.82, 2.24) is 15.1 Å². The Morgan fingerprint density at radius 1 is 1.36 bits per heavy atom. The van der Waals surface area contributed by atoms with Crippen molar-refractivity contribution in [3.05, 3.63) is 18.0 Å². The van der Waals surface area contributed by atoms with Crippen LogP contribution in [0, 0.1) is 0 Å². The quantitative estimate of drug-likeness (QED) is 0.670. The van der Waals surface area contributed by atoms with Crippen molar-refractivity contribution in [2.75, 3.05) is 20.3 Å². The van der Waals surface area contributed by atoms with E-state index in [0.29, 0.717) is 19.8 Å². The molecule has 1 unspecified atom stereocenters. The highest BCUT2D eigenvalue weighted by Crippen LogP contribution is 2.24. The van der Waals surface area contributed by atoms with Crippen molar-refractivity contribution >= 4 is 12.1 Å². The third-order valence-corrected chi connectivity index (χ3v) is 4.22. The van der Waals surface area contributed by atoms with E-state index in [4.69, 9.17) is 18.9 Å². The molecule has 2 heterocycles. The summed E-state index contributed by atoms with van der Waals surface area (Å²) in [6.45, 7) is 9.16. The number of hydrogen-bond donors (Lipinski definition) is 1. The largest absolute Gasteiger partial charge is 0.467 e. The lowest BCUT2D eigenvalue weighted by Gasteiger charge is -2.22. The summed E-state index contributed by atoms with van der Waals surface area (Å²) in [5, 5.41) is 6.88. The SMILES string of the molecule is COC(=O)C(Cc1cnn(CCCC2(C)OCCO2)c1)NC(=O)OC(C)(C)C. The van der Waals surface area contributed by atoms with Crippen molar-refractivity contribution in [3.63, 3.8) is 0 Å². The molecule has 1 N–H and O–H groups in total. The average Bonchev–Trinajstić information content (AvgIpc) is 3.21. The summed E-state index contributed by atoms with van der Waals surface area (Å²) in [6, 6.07) is -0.850. The maximum absolute atomic E-state index is 12.0. The number of rotatable bonds is 8. The summed E-state index contributed by atoms with van der Waals surface area (Å²) >= 11 is 0. The van der Waals surface area contributed by atoms with Gasteiger partial charge in [0.1, 0.15) is 11.6 Å². The van der Waals surface area contributed by atoms with Gasteiger partial charge in [-0.3, -0.25) is 4.68 Å². The van der Waals surface area contributed by atoms with Crippen LogP contribution in [0.3, 0.4) is 0 Å². The van der Waals surface area contributed by atoms with Crippen LogP contribution < -0.4 is 5.32 Å². The van der Waals surface area contributed by atoms with Crippen molar-refractivity contribution in [2.24, 2.45) is 0 Å². The van der Waals surface area contributed by atoms with E-state index in [0.717, 1.165) is 18.4 Å². The van der Waals surface area contributed by atoms with Gasteiger partial charge in [0.25, 0.3) is 0 Å². The van der Waals surface area contributed by atoms with E-state index in [-0.39, 0.29) is 6.42 Å². The standard InChI is InChI=1S/C19H31N3O6/c1-18(2,3)28-17(24)21-15(16(23)25-5)11-14-12-20-22(13-14)8-6-7-19(4)26-9-10-27-19/h12-13,15H,6-11H2,1-5H3,(H,21,24). The first-order valence-corrected chi connectivity index (χ1v) is 9.47. The van der Waals surface area contributed by atoms with Crippen LogP contribution in [0.1, 0.15) is 46.1 Å². The Labute approximate surface area is 165 Å². The van der Waals surface area contributed by atoms with Crippen LogP contribution in [0.25, 0.3) is 0 Å². The van der Waals surface area contributed by atoms with Crippen LogP contribution in [0.15, 0.2) is 12.4 Å². The number of aryl methyl sites for hydroxylation is 1. The van der Waals surface area contributed by atoms with Gasteiger partial charge in [0.2, 0.25) is 0 Å². The second kappa shape index (κ2) is 9.38. The zero-order chi connectivity index (χ0) is 20.8. The van der Waals surface area contributed by atoms with Crippen LogP contribution in [-0.2, 0) is 36.7 Å². The summed E-state index contributed by atoms with van der Waals surface area (Å²) < 4.78 is 23.0. The van der Waals surface area contributed by atoms with Crippen LogP contribution in [0.4, 0.5) is 4.79 Å². The molecule has 1 fully saturated rings. The number of alkyl carbamates (subject to hydrolysis) is 1. The van der Waals surface area contributed by atoms with E-state index < -0.39 is 29.5 Å². The smallest absolute Gasteiger partial charge is 0.408 e. The molecule has 1 aromatic rings. The maximum Gasteiger partial charge on any atom is 0.408 e. The molecule has 1 aromatic heterocycles. The number of aromatic nitrogens is 2. The van der Waals surface area contributed by atoms with E-state index >= 15 is 0 Å². The minimum atomic E-state index is -0.850. The number of nitrogens with zero attached hydrogens (tertiary/aromatic N) is 2. The average molecular weight is 397 g/mol. The molecule has 9 heteroatoms. The van der Waals surface area contributed by atoms with Crippen LogP contribution >= 0.6 is 0 Å². The van der Waals surface area contributed by atoms with Crippen molar-refractivity contribution < 1.29 is 28.5 Å². The first-order valence-electron chi connectivity index (χ1n) is 9.47. The van der Waals surface area contributed by atoms with Gasteiger partial charge in [-0.2, -0.15) is 5.10 Å². The molecule has 1 atom stereocenters. The lowest BCUT2D eigenvalue weighted by Crippen LogP contribution is -2.45. The number of carbonyl (C=O) groups excluding carboxylic acids is 2. The highest BCUT2D eigenvalue weighted by atomic mass is 16.7. The van der Waals surface area contributed by atoms with E-state index in [1.54, 1.807) is 31.6 Å². The molecule has 0 aromatic carbocycles. The zero-order valence-corrected chi connectivity index (χ0v) is 17.3. The monoisotopic (exact) mass is 397 g/mol. The fraction of sp³-hybridized carbons (Fsp3) is 0.737. The minimum Gasteiger partial charge on any atom is -0.467 e. The predicted octanol–water partition coefficient (Wildman–Crippen LogP) is 2.04. The van der Waals surface area contributed by atoms with Gasteiger partial charge in [-0.1, -0.05) is 0 Å². The molecule has 158 valence electrons. The van der Waals surface area contributed by atoms with Gasteiger partial charge < -0.3 is 24.3 Å². The fourth-order valence-corrected chi connectivity index (χ4v) is 2.92. The number of carbonyl (C=O) groups is 2. The van der Waals surface area contributed by atoms with Gasteiger partial charge in [-0.25, -0.2) is 9.59 Å². The lowest BCUT2D eigenvalue weighted by molar-refractivity contribution is -0.147. The first-order chi connectivity index (χ1) is 13.1. The van der Waals surface area contributed by atoms with Crippen LogP contribution in [0.5, 0.6) is 0 Å². The number of ether oxygens (including phenoxy) is 4. The molecular formula is C19H31N3O6. The van der Waals surface area contributed by atoms with Crippen LogP contribution in [-0.4, -0.2) is 59.6 Å². The van der Waals surface area contributed by atoms with Gasteiger partial charge >= 0.3 is 12.1 Å². The van der Waals surface area contributed by atoms with Gasteiger partial charge in [0.15, 0.2) is 5.79 Å². The molecule has 0 aliphatic carbocycles. The van der Waals surface area contributed by atoms with E-state index in [1.165, 1.54) is 7.11 Å². The Balaban J connectivity index is 1.88. The minimum absolute atomic E-state index is 0.260. The summed E-state index contributed by atoms with van der Waals surface area (Å²) in [4.78, 5) is 24.0. The van der Waals surface area contributed by atoms with Crippen molar-refractivity contribution in [1.29, 1.82) is 0 Å². The van der Waals surface area contributed by atoms with Crippen LogP contribution in [0.2, 0.25) is 0 Å². The second-order valence-electron chi connectivity index (χ2n) is 7.97. The number of hydrogen-bond acceptors (Lipinski definition) is 7. The van der Waals surface area contributed by atoms with Gasteiger partial charge in [0, 0.05) is 25.6 Å². The molecule has 0 bridgehead atoms. The van der Waals surface area contributed by atoms with Gasteiger partial charge in [-0.15, -0.1) is 0 Å². The fourth-order valence-electron chi connectivity index (χ4n) is 2.92. The number of nitrogens with one attached hydrogen (secondary N) is 1. The summed E-state index contributed by atoms with van der Waals surface area (Å²) in [6.07, 6.45) is 4.74. The highest BCUT2D eigenvalue weighted by Gasteiger charge is 2.30. The van der Waals surface area contributed by atoms with Gasteiger partial charge in [0.05, 0.1) is 26.5 Å². The number of esters is 1. The Kier molecular flexibility index (Phi) is 7.42. The summed E-state index contributed by atoms with van der Waals surface area (Å²) in [5.41, 5.74) is 0.157. The Morgan fingerprint density at radius 3 is 2.64 bits per heavy atom. The molecular weight excluding hydrogens is 366 g/mol. The van der Waals surface area contributed by atoms with Gasteiger partial charge in [-0.05, 0) is 39.7 Å². The molecule has 2 rings (SSSR count). The molecule has 1 amide bonds. The highest BCUT2D eigenvalue weighted by molar-refractivity contribution is 5.81. The zero-order valence-electron chi connectivity index (χ0n) is 17.3. The molecule has 1 aliphatic heterocycles. The third-order valence-electron chi connectivity index (χ3n) is 4.22. The Morgan fingerprint density at radius 2 is 2.04 bits per heavy atom. The second-order valence-corrected chi connectivity index (χ2v) is 7.97. The van der Waals surface area contributed by atoms with E-state index in [2.05, 4.69) is 10.4 Å². The normalized spacial score (nSPS) is 17.2. The Hall–Kier alpha value is -2.13. The number of methoxy groups -OCH3 is 1. The summed E-state index contributed by atoms with van der Waals surface area (Å²) in [7, 11) is 1.28. The lowest BCUT2D eigenvalue weighted by atomic mass is 10.1. The Bertz CT molecular complexity index is 661. The topological polar surface area (TPSA) is 101 Å². The molecule has 0 spiro atoms. The predicted molar refractivity (Wildman–Crippen MR) is 101 cm³/mol. The molecule has 0 radical (unpaired) electrons. The number of amides is 1. The molecule has 9 nitrogen and oxygen atoms in total. The summed E-state index contributed by atoms with van der Waals surface area (Å²) in [5.74, 6) is -1.05. The molecule has 1 saturated heterocycles. The molecule has 28 heavy (non-hydrogen) atoms. The maximum atomic E-state index is 12.0. The van der Waals surface area contributed by atoms with E-state index in [9.17, 15) is 9.59 Å². The molecule has 1 aliphatic rings. The van der Waals surface area contributed by atoms with E-state index in [1.807, 2.05) is 13.1 Å².